The molecule has 0 aliphatic carbocycles. The average Bonchev–Trinajstić information content (AvgIpc) is 2.25. The number of rotatable bonds is 8. The largest absolute Gasteiger partial charge is 0.357 e. The van der Waals surface area contributed by atoms with Crippen molar-refractivity contribution in [1.29, 1.82) is 0 Å². The van der Waals surface area contributed by atoms with E-state index in [9.17, 15) is 0 Å². The molecule has 0 aliphatic heterocycles. The first kappa shape index (κ1) is 18.7. The highest BCUT2D eigenvalue weighted by Gasteiger charge is 1.94. The van der Waals surface area contributed by atoms with E-state index in [-0.39, 0.29) is 24.0 Å². The highest BCUT2D eigenvalue weighted by molar-refractivity contribution is 14.0. The van der Waals surface area contributed by atoms with Gasteiger partial charge in [-0.15, -0.1) is 24.0 Å². The monoisotopic (exact) mass is 359 g/mol. The molecule has 0 bridgehead atoms. The third kappa shape index (κ3) is 12.4. The first-order valence-corrected chi connectivity index (χ1v) is 7.25. The van der Waals surface area contributed by atoms with Crippen molar-refractivity contribution in [3.05, 3.63) is 0 Å². The summed E-state index contributed by atoms with van der Waals surface area (Å²) in [6.07, 6.45) is 5.75. The number of unbranched alkanes of at least 4 members (excludes halogenated alkanes) is 1. The molecule has 0 aromatic heterocycles. The SMILES string of the molecule is CCCN=C(NCC)NCCCCSC.I. The van der Waals surface area contributed by atoms with Gasteiger partial charge in [-0.3, -0.25) is 4.99 Å². The van der Waals surface area contributed by atoms with Gasteiger partial charge in [0.1, 0.15) is 0 Å². The van der Waals surface area contributed by atoms with Crippen molar-refractivity contribution in [3.63, 3.8) is 0 Å². The summed E-state index contributed by atoms with van der Waals surface area (Å²) in [7, 11) is 0. The quantitative estimate of drug-likeness (QED) is 0.303. The van der Waals surface area contributed by atoms with Crippen molar-refractivity contribution in [2.24, 2.45) is 4.99 Å². The minimum atomic E-state index is 0. The van der Waals surface area contributed by atoms with Crippen molar-refractivity contribution >= 4 is 41.7 Å². The van der Waals surface area contributed by atoms with E-state index in [2.05, 4.69) is 35.7 Å². The van der Waals surface area contributed by atoms with Crippen LogP contribution in [0, 0.1) is 0 Å². The zero-order chi connectivity index (χ0) is 11.4. The number of hydrogen-bond donors (Lipinski definition) is 2. The van der Waals surface area contributed by atoms with Crippen LogP contribution in [0.1, 0.15) is 33.1 Å². The van der Waals surface area contributed by atoms with Crippen molar-refractivity contribution in [3.8, 4) is 0 Å². The Bertz CT molecular complexity index is 165. The van der Waals surface area contributed by atoms with Crippen molar-refractivity contribution in [2.75, 3.05) is 31.6 Å². The van der Waals surface area contributed by atoms with Gasteiger partial charge in [0, 0.05) is 19.6 Å². The smallest absolute Gasteiger partial charge is 0.191 e. The van der Waals surface area contributed by atoms with Crippen LogP contribution in [0.4, 0.5) is 0 Å². The average molecular weight is 359 g/mol. The molecule has 98 valence electrons. The molecule has 0 saturated carbocycles. The Balaban J connectivity index is 0. The van der Waals surface area contributed by atoms with Gasteiger partial charge >= 0.3 is 0 Å². The van der Waals surface area contributed by atoms with Crippen LogP contribution in [0.5, 0.6) is 0 Å². The van der Waals surface area contributed by atoms with E-state index in [0.29, 0.717) is 0 Å². The van der Waals surface area contributed by atoms with Gasteiger partial charge in [-0.25, -0.2) is 0 Å². The summed E-state index contributed by atoms with van der Waals surface area (Å²) in [6.45, 7) is 7.10. The van der Waals surface area contributed by atoms with Crippen LogP contribution in [0.25, 0.3) is 0 Å². The Morgan fingerprint density at radius 2 is 1.94 bits per heavy atom. The maximum absolute atomic E-state index is 4.44. The normalized spacial score (nSPS) is 10.8. The zero-order valence-corrected chi connectivity index (χ0v) is 13.9. The van der Waals surface area contributed by atoms with Gasteiger partial charge in [0.2, 0.25) is 0 Å². The van der Waals surface area contributed by atoms with Gasteiger partial charge in [-0.1, -0.05) is 6.92 Å². The van der Waals surface area contributed by atoms with Gasteiger partial charge in [0.25, 0.3) is 0 Å². The molecule has 0 amide bonds. The lowest BCUT2D eigenvalue weighted by molar-refractivity contribution is 0.733. The Hall–Kier alpha value is 0.350. The molecule has 0 saturated heterocycles. The molecule has 0 aliphatic rings. The van der Waals surface area contributed by atoms with Gasteiger partial charge < -0.3 is 10.6 Å². The highest BCUT2D eigenvalue weighted by Crippen LogP contribution is 1.97. The Kier molecular flexibility index (Phi) is 17.9. The fraction of sp³-hybridized carbons (Fsp3) is 0.909. The summed E-state index contributed by atoms with van der Waals surface area (Å²) in [5.41, 5.74) is 0. The molecule has 5 heteroatoms. The second-order valence-corrected chi connectivity index (χ2v) is 4.37. The summed E-state index contributed by atoms with van der Waals surface area (Å²) in [6, 6.07) is 0. The number of hydrogen-bond acceptors (Lipinski definition) is 2. The minimum Gasteiger partial charge on any atom is -0.357 e. The fourth-order valence-electron chi connectivity index (χ4n) is 1.14. The van der Waals surface area contributed by atoms with Crippen LogP contribution in [0.3, 0.4) is 0 Å². The highest BCUT2D eigenvalue weighted by atomic mass is 127. The van der Waals surface area contributed by atoms with E-state index in [0.717, 1.165) is 32.0 Å². The molecular weight excluding hydrogens is 333 g/mol. The summed E-state index contributed by atoms with van der Waals surface area (Å²) < 4.78 is 0. The molecule has 0 fully saturated rings. The van der Waals surface area contributed by atoms with Crippen LogP contribution in [-0.4, -0.2) is 37.6 Å². The van der Waals surface area contributed by atoms with E-state index in [4.69, 9.17) is 0 Å². The van der Waals surface area contributed by atoms with Crippen LogP contribution >= 0.6 is 35.7 Å². The standard InChI is InChI=1S/C11H25N3S.HI/c1-4-8-13-11(12-5-2)14-9-6-7-10-15-3;/h4-10H2,1-3H3,(H2,12,13,14);1H. The lowest BCUT2D eigenvalue weighted by atomic mass is 10.3. The summed E-state index contributed by atoms with van der Waals surface area (Å²) in [5.74, 6) is 2.22. The van der Waals surface area contributed by atoms with Gasteiger partial charge in [-0.2, -0.15) is 11.8 Å². The van der Waals surface area contributed by atoms with Gasteiger partial charge in [-0.05, 0) is 38.2 Å². The van der Waals surface area contributed by atoms with Gasteiger partial charge in [0.15, 0.2) is 5.96 Å². The lowest BCUT2D eigenvalue weighted by Gasteiger charge is -2.10. The van der Waals surface area contributed by atoms with E-state index in [1.54, 1.807) is 0 Å². The Morgan fingerprint density at radius 3 is 2.50 bits per heavy atom. The zero-order valence-electron chi connectivity index (χ0n) is 10.7. The number of aliphatic imine (C=N–C) groups is 1. The summed E-state index contributed by atoms with van der Waals surface area (Å²) in [5, 5.41) is 6.59. The molecule has 0 spiro atoms. The molecule has 3 nitrogen and oxygen atoms in total. The maximum Gasteiger partial charge on any atom is 0.191 e. The summed E-state index contributed by atoms with van der Waals surface area (Å²) in [4.78, 5) is 4.44. The number of nitrogens with zero attached hydrogens (tertiary/aromatic N) is 1. The molecule has 0 unspecified atom stereocenters. The van der Waals surface area contributed by atoms with Crippen LogP contribution < -0.4 is 10.6 Å². The molecule has 16 heavy (non-hydrogen) atoms. The van der Waals surface area contributed by atoms with E-state index < -0.39 is 0 Å². The first-order valence-electron chi connectivity index (χ1n) is 5.86. The molecule has 0 radical (unpaired) electrons. The van der Waals surface area contributed by atoms with E-state index >= 15 is 0 Å². The van der Waals surface area contributed by atoms with Crippen molar-refractivity contribution in [2.45, 2.75) is 33.1 Å². The molecular formula is C11H26IN3S. The second kappa shape index (κ2) is 15.4. The Morgan fingerprint density at radius 1 is 1.19 bits per heavy atom. The lowest BCUT2D eigenvalue weighted by Crippen LogP contribution is -2.37. The summed E-state index contributed by atoms with van der Waals surface area (Å²) >= 11 is 1.91. The van der Waals surface area contributed by atoms with Crippen LogP contribution in [0.2, 0.25) is 0 Å². The first-order chi connectivity index (χ1) is 7.35. The minimum absolute atomic E-state index is 0. The molecule has 0 aromatic rings. The van der Waals surface area contributed by atoms with Crippen molar-refractivity contribution in [1.82, 2.24) is 10.6 Å². The number of nitrogens with one attached hydrogen (secondary N) is 2. The van der Waals surface area contributed by atoms with E-state index in [1.807, 2.05) is 11.8 Å². The molecule has 0 heterocycles. The predicted molar refractivity (Wildman–Crippen MR) is 87.3 cm³/mol. The molecule has 0 atom stereocenters. The molecule has 2 N–H and O–H groups in total. The topological polar surface area (TPSA) is 36.4 Å². The van der Waals surface area contributed by atoms with Gasteiger partial charge in [0.05, 0.1) is 0 Å². The number of guanidine groups is 1. The maximum atomic E-state index is 4.44. The Labute approximate surface area is 122 Å². The van der Waals surface area contributed by atoms with Crippen LogP contribution in [-0.2, 0) is 0 Å². The predicted octanol–water partition coefficient (Wildman–Crippen LogP) is 2.71. The van der Waals surface area contributed by atoms with Crippen LogP contribution in [0.15, 0.2) is 4.99 Å². The number of thioether (sulfide) groups is 1. The fourth-order valence-corrected chi connectivity index (χ4v) is 1.64. The second-order valence-electron chi connectivity index (χ2n) is 3.39. The third-order valence-corrected chi connectivity index (χ3v) is 2.60. The third-order valence-electron chi connectivity index (χ3n) is 1.91. The number of halogens is 1. The van der Waals surface area contributed by atoms with E-state index in [1.165, 1.54) is 18.6 Å². The molecule has 0 aromatic carbocycles. The molecule has 0 rings (SSSR count). The van der Waals surface area contributed by atoms with Crippen molar-refractivity contribution < 1.29 is 0 Å².